The molecule has 0 spiro atoms. The lowest BCUT2D eigenvalue weighted by molar-refractivity contribution is -0.384. The average molecular weight is 407 g/mol. The Morgan fingerprint density at radius 3 is 2.70 bits per heavy atom. The van der Waals surface area contributed by atoms with Crippen LogP contribution >= 0.6 is 0 Å². The van der Waals surface area contributed by atoms with Crippen molar-refractivity contribution >= 4 is 22.5 Å². The van der Waals surface area contributed by atoms with Crippen molar-refractivity contribution in [3.8, 4) is 0 Å². The summed E-state index contributed by atoms with van der Waals surface area (Å²) < 4.78 is 0. The molecule has 0 bridgehead atoms. The summed E-state index contributed by atoms with van der Waals surface area (Å²) in [6.45, 7) is 4.71. The summed E-state index contributed by atoms with van der Waals surface area (Å²) >= 11 is 0. The van der Waals surface area contributed by atoms with Gasteiger partial charge in [-0.25, -0.2) is 0 Å². The van der Waals surface area contributed by atoms with Crippen LogP contribution in [0.3, 0.4) is 0 Å². The van der Waals surface area contributed by atoms with E-state index in [4.69, 9.17) is 0 Å². The van der Waals surface area contributed by atoms with Gasteiger partial charge in [0.25, 0.3) is 11.6 Å². The van der Waals surface area contributed by atoms with Crippen LogP contribution in [0.4, 0.5) is 5.69 Å². The molecule has 2 N–H and O–H groups in total. The number of nitrogens with zero attached hydrogens (tertiary/aromatic N) is 3. The Morgan fingerprint density at radius 2 is 2.00 bits per heavy atom. The second kappa shape index (κ2) is 8.62. The number of carbonyl (C=O) groups excluding carboxylic acids is 1. The number of non-ortho nitro benzene ring substituents is 1. The minimum Gasteiger partial charge on any atom is -0.349 e. The van der Waals surface area contributed by atoms with Crippen LogP contribution in [-0.2, 0) is 0 Å². The zero-order valence-corrected chi connectivity index (χ0v) is 16.9. The quantitative estimate of drug-likeness (QED) is 0.479. The fourth-order valence-corrected chi connectivity index (χ4v) is 4.03. The Kier molecular flexibility index (Phi) is 5.76. The minimum absolute atomic E-state index is 0.0671. The van der Waals surface area contributed by atoms with Crippen molar-refractivity contribution in [3.05, 3.63) is 69.9 Å². The molecule has 1 aliphatic rings. The molecule has 2 heterocycles. The first-order valence-electron chi connectivity index (χ1n) is 10.2. The van der Waals surface area contributed by atoms with Gasteiger partial charge < -0.3 is 5.32 Å². The lowest BCUT2D eigenvalue weighted by atomic mass is 9.95. The highest BCUT2D eigenvalue weighted by molar-refractivity contribution is 6.05. The van der Waals surface area contributed by atoms with Gasteiger partial charge in [0.1, 0.15) is 0 Å². The van der Waals surface area contributed by atoms with Crippen LogP contribution in [0.25, 0.3) is 10.9 Å². The highest BCUT2D eigenvalue weighted by atomic mass is 16.6. The predicted octanol–water partition coefficient (Wildman–Crippen LogP) is 3.67. The van der Waals surface area contributed by atoms with Gasteiger partial charge in [-0.05, 0) is 43.5 Å². The van der Waals surface area contributed by atoms with Gasteiger partial charge in [0, 0.05) is 24.1 Å². The van der Waals surface area contributed by atoms with E-state index in [0.717, 1.165) is 37.4 Å². The molecule has 1 unspecified atom stereocenters. The van der Waals surface area contributed by atoms with E-state index in [2.05, 4.69) is 39.5 Å². The standard InChI is InChI=1S/C22H25N5O3/c1-15-9-11-26(12-10-15)20(16-5-3-2-4-6-16)14-23-22(28)21-18-13-17(27(29)30)7-8-19(18)24-25-21/h2-8,13,15,20H,9-12,14H2,1H3,(H,23,28)(H,24,25). The molecule has 1 saturated heterocycles. The van der Waals surface area contributed by atoms with Crippen LogP contribution in [-0.4, -0.2) is 45.6 Å². The van der Waals surface area contributed by atoms with E-state index in [9.17, 15) is 14.9 Å². The molecule has 8 heteroatoms. The van der Waals surface area contributed by atoms with Crippen molar-refractivity contribution in [2.75, 3.05) is 19.6 Å². The molecule has 8 nitrogen and oxygen atoms in total. The molecule has 30 heavy (non-hydrogen) atoms. The van der Waals surface area contributed by atoms with Gasteiger partial charge in [-0.1, -0.05) is 37.3 Å². The third-order valence-electron chi connectivity index (χ3n) is 5.87. The summed E-state index contributed by atoms with van der Waals surface area (Å²) in [4.78, 5) is 25.9. The van der Waals surface area contributed by atoms with Crippen molar-refractivity contribution in [2.45, 2.75) is 25.8 Å². The van der Waals surface area contributed by atoms with Crippen molar-refractivity contribution in [1.82, 2.24) is 20.4 Å². The molecule has 0 aliphatic carbocycles. The van der Waals surface area contributed by atoms with E-state index in [1.54, 1.807) is 6.07 Å². The fourth-order valence-electron chi connectivity index (χ4n) is 4.03. The van der Waals surface area contributed by atoms with Crippen LogP contribution in [0.1, 0.15) is 41.9 Å². The van der Waals surface area contributed by atoms with E-state index in [-0.39, 0.29) is 23.3 Å². The van der Waals surface area contributed by atoms with Crippen molar-refractivity contribution in [1.29, 1.82) is 0 Å². The highest BCUT2D eigenvalue weighted by Crippen LogP contribution is 2.27. The van der Waals surface area contributed by atoms with Gasteiger partial charge in [-0.15, -0.1) is 0 Å². The molecular weight excluding hydrogens is 382 g/mol. The zero-order valence-electron chi connectivity index (χ0n) is 16.9. The highest BCUT2D eigenvalue weighted by Gasteiger charge is 2.26. The van der Waals surface area contributed by atoms with E-state index in [0.29, 0.717) is 17.4 Å². The van der Waals surface area contributed by atoms with E-state index >= 15 is 0 Å². The number of amides is 1. The Hall–Kier alpha value is -3.26. The number of hydrogen-bond donors (Lipinski definition) is 2. The van der Waals surface area contributed by atoms with Gasteiger partial charge in [0.15, 0.2) is 5.69 Å². The molecular formula is C22H25N5O3. The summed E-state index contributed by atoms with van der Waals surface area (Å²) in [6, 6.07) is 14.6. The lowest BCUT2D eigenvalue weighted by Gasteiger charge is -2.37. The number of aromatic amines is 1. The van der Waals surface area contributed by atoms with Gasteiger partial charge in [0.2, 0.25) is 0 Å². The Bertz CT molecular complexity index is 1040. The molecule has 156 valence electrons. The Labute approximate surface area is 174 Å². The Morgan fingerprint density at radius 1 is 1.27 bits per heavy atom. The number of H-pyrrole nitrogens is 1. The molecule has 4 rings (SSSR count). The minimum atomic E-state index is -0.475. The molecule has 0 saturated carbocycles. The van der Waals surface area contributed by atoms with Gasteiger partial charge in [0.05, 0.1) is 16.5 Å². The number of nitrogens with one attached hydrogen (secondary N) is 2. The van der Waals surface area contributed by atoms with Crippen molar-refractivity contribution < 1.29 is 9.72 Å². The second-order valence-electron chi connectivity index (χ2n) is 7.91. The molecule has 2 aromatic carbocycles. The number of nitro groups is 1. The molecule has 1 aliphatic heterocycles. The van der Waals surface area contributed by atoms with Crippen LogP contribution in [0.5, 0.6) is 0 Å². The van der Waals surface area contributed by atoms with Crippen molar-refractivity contribution in [2.24, 2.45) is 5.92 Å². The van der Waals surface area contributed by atoms with Crippen LogP contribution in [0.15, 0.2) is 48.5 Å². The van der Waals surface area contributed by atoms with Crippen LogP contribution in [0, 0.1) is 16.0 Å². The van der Waals surface area contributed by atoms with Gasteiger partial charge in [-0.2, -0.15) is 5.10 Å². The smallest absolute Gasteiger partial charge is 0.272 e. The lowest BCUT2D eigenvalue weighted by Crippen LogP contribution is -2.42. The molecule has 1 aromatic heterocycles. The van der Waals surface area contributed by atoms with Crippen molar-refractivity contribution in [3.63, 3.8) is 0 Å². The van der Waals surface area contributed by atoms with E-state index in [1.165, 1.54) is 12.1 Å². The topological polar surface area (TPSA) is 104 Å². The monoisotopic (exact) mass is 407 g/mol. The average Bonchev–Trinajstić information content (AvgIpc) is 3.19. The second-order valence-corrected chi connectivity index (χ2v) is 7.91. The molecule has 1 fully saturated rings. The van der Waals surface area contributed by atoms with Crippen LogP contribution < -0.4 is 5.32 Å². The summed E-state index contributed by atoms with van der Waals surface area (Å²) in [5, 5.41) is 21.4. The molecule has 1 atom stereocenters. The number of piperidine rings is 1. The summed E-state index contributed by atoms with van der Waals surface area (Å²) in [6.07, 6.45) is 2.29. The number of fused-ring (bicyclic) bond motifs is 1. The maximum absolute atomic E-state index is 12.9. The molecule has 0 radical (unpaired) electrons. The normalized spacial score (nSPS) is 16.4. The summed E-state index contributed by atoms with van der Waals surface area (Å²) in [7, 11) is 0. The number of hydrogen-bond acceptors (Lipinski definition) is 5. The first-order chi connectivity index (χ1) is 14.5. The third kappa shape index (κ3) is 4.18. The number of carbonyl (C=O) groups is 1. The number of benzene rings is 2. The summed E-state index contributed by atoms with van der Waals surface area (Å²) in [5.41, 5.74) is 1.86. The first-order valence-corrected chi connectivity index (χ1v) is 10.2. The maximum Gasteiger partial charge on any atom is 0.272 e. The SMILES string of the molecule is CC1CCN(C(CNC(=O)c2n[nH]c3ccc([N+](=O)[O-])cc23)c2ccccc2)CC1. The van der Waals surface area contributed by atoms with Gasteiger partial charge in [-0.3, -0.25) is 24.9 Å². The number of aromatic nitrogens is 2. The maximum atomic E-state index is 12.9. The third-order valence-corrected chi connectivity index (χ3v) is 5.87. The largest absolute Gasteiger partial charge is 0.349 e. The Balaban J connectivity index is 1.53. The number of likely N-dealkylation sites (tertiary alicyclic amines) is 1. The number of rotatable bonds is 6. The molecule has 1 amide bonds. The predicted molar refractivity (Wildman–Crippen MR) is 114 cm³/mol. The molecule has 3 aromatic rings. The fraction of sp³-hybridized carbons (Fsp3) is 0.364. The van der Waals surface area contributed by atoms with E-state index in [1.807, 2.05) is 18.2 Å². The van der Waals surface area contributed by atoms with Gasteiger partial charge >= 0.3 is 0 Å². The number of nitro benzene ring substituents is 1. The zero-order chi connectivity index (χ0) is 21.1. The summed E-state index contributed by atoms with van der Waals surface area (Å²) in [5.74, 6) is 0.381. The van der Waals surface area contributed by atoms with E-state index < -0.39 is 4.92 Å². The first kappa shape index (κ1) is 20.0. The van der Waals surface area contributed by atoms with Crippen LogP contribution in [0.2, 0.25) is 0 Å².